The van der Waals surface area contributed by atoms with E-state index in [4.69, 9.17) is 0 Å². The summed E-state index contributed by atoms with van der Waals surface area (Å²) in [5.41, 5.74) is 5.76. The summed E-state index contributed by atoms with van der Waals surface area (Å²) < 4.78 is 12.6. The lowest BCUT2D eigenvalue weighted by Crippen LogP contribution is -2.56. The van der Waals surface area contributed by atoms with Crippen LogP contribution in [0.5, 0.6) is 0 Å². The average molecular weight is 615 g/mol. The molecule has 1 saturated heterocycles. The minimum absolute atomic E-state index is 0.276. The number of carbonyl (C=O) groups excluding carboxylic acids is 2. The molecular weight excluding hydrogens is 572 g/mol. The topological polar surface area (TPSA) is 101 Å². The highest BCUT2D eigenvalue weighted by Gasteiger charge is 2.33. The van der Waals surface area contributed by atoms with Gasteiger partial charge in [-0.2, -0.15) is 0 Å². The molecule has 1 aliphatic heterocycles. The van der Waals surface area contributed by atoms with Crippen LogP contribution >= 0.6 is 0 Å². The molecule has 44 heavy (non-hydrogen) atoms. The van der Waals surface area contributed by atoms with Gasteiger partial charge in [-0.1, -0.05) is 49.4 Å². The van der Waals surface area contributed by atoms with Crippen molar-refractivity contribution in [2.45, 2.75) is 37.2 Å². The minimum Gasteiger partial charge on any atom is -0.368 e. The van der Waals surface area contributed by atoms with Crippen molar-refractivity contribution in [3.8, 4) is 0 Å². The maximum atomic E-state index is 14.1. The number of aryl methyl sites for hydroxylation is 1. The summed E-state index contributed by atoms with van der Waals surface area (Å²) in [6, 6.07) is 20.6. The predicted molar refractivity (Wildman–Crippen MR) is 179 cm³/mol. The van der Waals surface area contributed by atoms with Crippen molar-refractivity contribution in [3.05, 3.63) is 89.6 Å². The summed E-state index contributed by atoms with van der Waals surface area (Å²) in [4.78, 5) is 37.8. The van der Waals surface area contributed by atoms with E-state index >= 15 is 0 Å². The van der Waals surface area contributed by atoms with Crippen LogP contribution in [0.1, 0.15) is 29.5 Å². The number of anilines is 2. The highest BCUT2D eigenvalue weighted by Crippen LogP contribution is 2.30. The molecule has 2 heterocycles. The first-order chi connectivity index (χ1) is 21.1. The van der Waals surface area contributed by atoms with Crippen LogP contribution in [0.2, 0.25) is 0 Å². The third kappa shape index (κ3) is 6.97. The van der Waals surface area contributed by atoms with Crippen molar-refractivity contribution < 1.29 is 13.8 Å². The van der Waals surface area contributed by atoms with Gasteiger partial charge in [0.05, 0.1) is 21.4 Å². The number of hydrogen-bond acceptors (Lipinski definition) is 5. The molecule has 0 saturated carbocycles. The van der Waals surface area contributed by atoms with Crippen LogP contribution in [0.4, 0.5) is 16.2 Å². The summed E-state index contributed by atoms with van der Waals surface area (Å²) in [6.45, 7) is 7.22. The molecule has 232 valence electrons. The van der Waals surface area contributed by atoms with Gasteiger partial charge in [-0.05, 0) is 62.0 Å². The van der Waals surface area contributed by atoms with E-state index in [0.717, 1.165) is 22.0 Å². The molecule has 0 aliphatic carbocycles. The number of carbonyl (C=O) groups is 2. The molecular formula is C34H42N6O3S. The fraction of sp³-hybridized carbons (Fsp3) is 0.353. The standard InChI is InChI=1S/C34H42N6O3S/c1-23-10-6-9-13-30(23)39-16-18-40(19-17-39)34(42)37-32(24(2)27-21-35-28-12-8-7-11-26(27)28)33(41)36-29-20-25(22-38(3)4)14-15-31(29)44(5)43/h6-15,20-21,24,32,35H,16-19,22H2,1-5H3,(H,36,41)(H,37,42). The Hall–Kier alpha value is -4.15. The van der Waals surface area contributed by atoms with Crippen molar-refractivity contribution >= 4 is 45.0 Å². The lowest BCUT2D eigenvalue weighted by Gasteiger charge is -2.37. The van der Waals surface area contributed by atoms with Crippen LogP contribution in [0.15, 0.2) is 77.8 Å². The van der Waals surface area contributed by atoms with Gasteiger partial charge in [-0.3, -0.25) is 9.00 Å². The Labute approximate surface area is 262 Å². The number of benzene rings is 3. The summed E-state index contributed by atoms with van der Waals surface area (Å²) in [5.74, 6) is -0.715. The van der Waals surface area contributed by atoms with E-state index in [1.54, 1.807) is 17.2 Å². The number of H-pyrrole nitrogens is 1. The fourth-order valence-corrected chi connectivity index (χ4v) is 6.64. The number of nitrogens with zero attached hydrogens (tertiary/aromatic N) is 3. The van der Waals surface area contributed by atoms with Gasteiger partial charge in [0.2, 0.25) is 5.91 Å². The predicted octanol–water partition coefficient (Wildman–Crippen LogP) is 4.92. The van der Waals surface area contributed by atoms with Crippen LogP contribution < -0.4 is 15.5 Å². The van der Waals surface area contributed by atoms with Gasteiger partial charge in [0, 0.05) is 67.7 Å². The third-order valence-corrected chi connectivity index (χ3v) is 9.28. The SMILES string of the molecule is Cc1ccccc1N1CCN(C(=O)NC(C(=O)Nc2cc(CN(C)C)ccc2S(C)=O)C(C)c2c[nH]c3ccccc23)CC1. The third-order valence-electron chi connectivity index (χ3n) is 8.31. The fourth-order valence-electron chi connectivity index (χ4n) is 5.96. The number of fused-ring (bicyclic) bond motifs is 1. The van der Waals surface area contributed by atoms with E-state index in [-0.39, 0.29) is 17.9 Å². The lowest BCUT2D eigenvalue weighted by molar-refractivity contribution is -0.118. The average Bonchev–Trinajstić information content (AvgIpc) is 3.44. The Morgan fingerprint density at radius 3 is 2.41 bits per heavy atom. The van der Waals surface area contributed by atoms with E-state index in [2.05, 4.69) is 39.6 Å². The number of amides is 3. The normalized spacial score (nSPS) is 15.7. The molecule has 1 aromatic heterocycles. The molecule has 10 heteroatoms. The number of para-hydroxylation sites is 2. The largest absolute Gasteiger partial charge is 0.368 e. The van der Waals surface area contributed by atoms with Gasteiger partial charge in [0.1, 0.15) is 6.04 Å². The minimum atomic E-state index is -1.32. The van der Waals surface area contributed by atoms with Crippen molar-refractivity contribution in [1.82, 2.24) is 20.1 Å². The van der Waals surface area contributed by atoms with Crippen LogP contribution in [-0.4, -0.2) is 83.5 Å². The monoisotopic (exact) mass is 614 g/mol. The Kier molecular flexibility index (Phi) is 9.71. The zero-order chi connectivity index (χ0) is 31.4. The molecule has 1 fully saturated rings. The number of rotatable bonds is 9. The van der Waals surface area contributed by atoms with Crippen molar-refractivity contribution in [2.75, 3.05) is 56.7 Å². The Morgan fingerprint density at radius 1 is 1.00 bits per heavy atom. The van der Waals surface area contributed by atoms with Gasteiger partial charge in [0.15, 0.2) is 0 Å². The maximum Gasteiger partial charge on any atom is 0.318 e. The summed E-state index contributed by atoms with van der Waals surface area (Å²) in [5, 5.41) is 7.12. The first-order valence-corrected chi connectivity index (χ1v) is 16.5. The number of nitrogens with one attached hydrogen (secondary N) is 3. The second-order valence-electron chi connectivity index (χ2n) is 11.8. The van der Waals surface area contributed by atoms with Gasteiger partial charge < -0.3 is 30.3 Å². The molecule has 9 nitrogen and oxygen atoms in total. The molecule has 3 N–H and O–H groups in total. The van der Waals surface area contributed by atoms with E-state index in [0.29, 0.717) is 43.3 Å². The smallest absolute Gasteiger partial charge is 0.318 e. The quantitative estimate of drug-likeness (QED) is 0.249. The van der Waals surface area contributed by atoms with Gasteiger partial charge in [0.25, 0.3) is 0 Å². The Morgan fingerprint density at radius 2 is 1.70 bits per heavy atom. The number of aromatic nitrogens is 1. The highest BCUT2D eigenvalue weighted by molar-refractivity contribution is 7.84. The van der Waals surface area contributed by atoms with Crippen molar-refractivity contribution in [2.24, 2.45) is 0 Å². The molecule has 1 aliphatic rings. The van der Waals surface area contributed by atoms with Crippen LogP contribution in [-0.2, 0) is 22.1 Å². The van der Waals surface area contributed by atoms with E-state index in [1.165, 1.54) is 11.3 Å². The molecule has 3 amide bonds. The number of hydrogen-bond donors (Lipinski definition) is 3. The maximum absolute atomic E-state index is 14.1. The summed E-state index contributed by atoms with van der Waals surface area (Å²) in [7, 11) is 2.62. The number of urea groups is 1. The lowest BCUT2D eigenvalue weighted by atomic mass is 9.92. The van der Waals surface area contributed by atoms with Gasteiger partial charge in [-0.25, -0.2) is 4.79 Å². The summed E-state index contributed by atoms with van der Waals surface area (Å²) >= 11 is 0. The first-order valence-electron chi connectivity index (χ1n) is 15.0. The first kappa shape index (κ1) is 31.3. The molecule has 3 atom stereocenters. The van der Waals surface area contributed by atoms with Crippen LogP contribution in [0, 0.1) is 6.92 Å². The molecule has 3 aromatic carbocycles. The Balaban J connectivity index is 1.39. The zero-order valence-electron chi connectivity index (χ0n) is 26.1. The van der Waals surface area contributed by atoms with E-state index in [1.807, 2.05) is 80.6 Å². The molecule has 5 rings (SSSR count). The molecule has 0 spiro atoms. The van der Waals surface area contributed by atoms with Crippen molar-refractivity contribution in [1.29, 1.82) is 0 Å². The van der Waals surface area contributed by atoms with Crippen LogP contribution in [0.25, 0.3) is 10.9 Å². The number of piperazine rings is 1. The van der Waals surface area contributed by atoms with Crippen LogP contribution in [0.3, 0.4) is 0 Å². The highest BCUT2D eigenvalue weighted by atomic mass is 32.2. The van der Waals surface area contributed by atoms with E-state index < -0.39 is 16.8 Å². The Bertz CT molecular complexity index is 1660. The molecule has 0 radical (unpaired) electrons. The summed E-state index contributed by atoms with van der Waals surface area (Å²) in [6.07, 6.45) is 3.51. The number of aromatic amines is 1. The second kappa shape index (κ2) is 13.7. The second-order valence-corrected chi connectivity index (χ2v) is 13.1. The van der Waals surface area contributed by atoms with Gasteiger partial charge >= 0.3 is 6.03 Å². The molecule has 4 aromatic rings. The van der Waals surface area contributed by atoms with Crippen molar-refractivity contribution in [3.63, 3.8) is 0 Å². The molecule has 0 bridgehead atoms. The molecule has 3 unspecified atom stereocenters. The van der Waals surface area contributed by atoms with E-state index in [9.17, 15) is 13.8 Å². The zero-order valence-corrected chi connectivity index (χ0v) is 26.9. The van der Waals surface area contributed by atoms with Gasteiger partial charge in [-0.15, -0.1) is 0 Å².